The Morgan fingerprint density at radius 1 is 1.42 bits per heavy atom. The van der Waals surface area contributed by atoms with E-state index in [9.17, 15) is 4.79 Å². The van der Waals surface area contributed by atoms with Gasteiger partial charge in [-0.25, -0.2) is 0 Å². The van der Waals surface area contributed by atoms with Gasteiger partial charge in [0.2, 0.25) is 0 Å². The quantitative estimate of drug-likeness (QED) is 0.798. The molecule has 0 aliphatic carbocycles. The normalized spacial score (nSPS) is 23.2. The second-order valence-corrected chi connectivity index (χ2v) is 4.97. The fourth-order valence-corrected chi connectivity index (χ4v) is 2.38. The largest absolute Gasteiger partial charge is 0.497 e. The molecule has 1 aromatic rings. The molecule has 0 bridgehead atoms. The molecule has 4 nitrogen and oxygen atoms in total. The number of amides is 1. The van der Waals surface area contributed by atoms with Crippen molar-refractivity contribution in [3.8, 4) is 5.75 Å². The Labute approximate surface area is 118 Å². The molecule has 2 unspecified atom stereocenters. The van der Waals surface area contributed by atoms with Gasteiger partial charge < -0.3 is 14.4 Å². The molecule has 0 aromatic heterocycles. The monoisotopic (exact) mass is 283 g/mol. The van der Waals surface area contributed by atoms with Crippen LogP contribution in [0.3, 0.4) is 0 Å². The summed E-state index contributed by atoms with van der Waals surface area (Å²) >= 11 is 5.82. The van der Waals surface area contributed by atoms with E-state index in [0.717, 1.165) is 5.75 Å². The summed E-state index contributed by atoms with van der Waals surface area (Å²) in [6.45, 7) is 3.09. The molecule has 1 aliphatic heterocycles. The number of benzene rings is 1. The summed E-state index contributed by atoms with van der Waals surface area (Å²) in [5.74, 6) is 1.15. The summed E-state index contributed by atoms with van der Waals surface area (Å²) in [6, 6.07) is 7.13. The molecule has 1 aromatic carbocycles. The van der Waals surface area contributed by atoms with Crippen molar-refractivity contribution in [2.75, 3.05) is 26.1 Å². The Bertz CT molecular complexity index is 435. The lowest BCUT2D eigenvalue weighted by atomic mass is 10.1. The maximum absolute atomic E-state index is 12.4. The summed E-state index contributed by atoms with van der Waals surface area (Å²) in [5.41, 5.74) is 0.656. The van der Waals surface area contributed by atoms with Crippen LogP contribution in [0, 0.1) is 0 Å². The summed E-state index contributed by atoms with van der Waals surface area (Å²) in [7, 11) is 1.60. The Balaban J connectivity index is 2.09. The topological polar surface area (TPSA) is 38.8 Å². The predicted octanol–water partition coefficient (Wildman–Crippen LogP) is 2.16. The highest BCUT2D eigenvalue weighted by molar-refractivity contribution is 6.18. The van der Waals surface area contributed by atoms with Crippen molar-refractivity contribution in [1.29, 1.82) is 0 Å². The van der Waals surface area contributed by atoms with Crippen LogP contribution < -0.4 is 4.74 Å². The zero-order valence-corrected chi connectivity index (χ0v) is 11.9. The first kappa shape index (κ1) is 14.2. The average molecular weight is 284 g/mol. The number of ether oxygens (including phenoxy) is 2. The number of rotatable bonds is 3. The van der Waals surface area contributed by atoms with E-state index in [1.807, 2.05) is 6.92 Å². The minimum Gasteiger partial charge on any atom is -0.497 e. The minimum atomic E-state index is -0.0902. The second-order valence-electron chi connectivity index (χ2n) is 4.66. The van der Waals surface area contributed by atoms with Crippen molar-refractivity contribution in [2.45, 2.75) is 19.1 Å². The van der Waals surface area contributed by atoms with Crippen LogP contribution in [0.1, 0.15) is 17.3 Å². The van der Waals surface area contributed by atoms with Crippen molar-refractivity contribution in [3.63, 3.8) is 0 Å². The lowest BCUT2D eigenvalue weighted by Gasteiger charge is -2.36. The van der Waals surface area contributed by atoms with Gasteiger partial charge in [-0.1, -0.05) is 0 Å². The van der Waals surface area contributed by atoms with E-state index >= 15 is 0 Å². The van der Waals surface area contributed by atoms with Gasteiger partial charge in [0.1, 0.15) is 5.75 Å². The highest BCUT2D eigenvalue weighted by Crippen LogP contribution is 2.17. The van der Waals surface area contributed by atoms with Gasteiger partial charge in [0.05, 0.1) is 25.2 Å². The first-order valence-corrected chi connectivity index (χ1v) is 6.82. The number of halogens is 1. The predicted molar refractivity (Wildman–Crippen MR) is 74.0 cm³/mol. The molecule has 2 rings (SSSR count). The third-order valence-corrected chi connectivity index (χ3v) is 3.47. The minimum absolute atomic E-state index is 0.00733. The molecule has 0 spiro atoms. The van der Waals surface area contributed by atoms with Crippen molar-refractivity contribution in [2.24, 2.45) is 0 Å². The molecule has 19 heavy (non-hydrogen) atoms. The first-order valence-electron chi connectivity index (χ1n) is 6.28. The molecule has 104 valence electrons. The van der Waals surface area contributed by atoms with Crippen LogP contribution in [0.2, 0.25) is 0 Å². The molecule has 1 fully saturated rings. The van der Waals surface area contributed by atoms with Gasteiger partial charge in [0.15, 0.2) is 0 Å². The molecule has 1 heterocycles. The number of methoxy groups -OCH3 is 1. The Hall–Kier alpha value is -1.26. The van der Waals surface area contributed by atoms with E-state index in [1.54, 1.807) is 36.3 Å². The number of hydrogen-bond acceptors (Lipinski definition) is 3. The lowest BCUT2D eigenvalue weighted by Crippen LogP contribution is -2.49. The maximum Gasteiger partial charge on any atom is 0.254 e. The molecule has 1 aliphatic rings. The van der Waals surface area contributed by atoms with Gasteiger partial charge in [-0.05, 0) is 31.2 Å². The number of morpholine rings is 1. The SMILES string of the molecule is COc1ccc(C(=O)N2CC(C)OC(CCl)C2)cc1. The van der Waals surface area contributed by atoms with Gasteiger partial charge in [-0.3, -0.25) is 4.79 Å². The summed E-state index contributed by atoms with van der Waals surface area (Å²) < 4.78 is 10.7. The zero-order chi connectivity index (χ0) is 13.8. The fraction of sp³-hybridized carbons (Fsp3) is 0.500. The summed E-state index contributed by atoms with van der Waals surface area (Å²) in [5, 5.41) is 0. The Morgan fingerprint density at radius 2 is 2.11 bits per heavy atom. The third-order valence-electron chi connectivity index (χ3n) is 3.12. The molecule has 0 N–H and O–H groups in total. The molecule has 2 atom stereocenters. The smallest absolute Gasteiger partial charge is 0.254 e. The summed E-state index contributed by atoms with van der Waals surface area (Å²) in [4.78, 5) is 14.2. The van der Waals surface area contributed by atoms with Gasteiger partial charge in [-0.2, -0.15) is 0 Å². The van der Waals surface area contributed by atoms with Crippen LogP contribution in [0.4, 0.5) is 0 Å². The fourth-order valence-electron chi connectivity index (χ4n) is 2.21. The number of alkyl halides is 1. The van der Waals surface area contributed by atoms with Crippen LogP contribution in [0.25, 0.3) is 0 Å². The third kappa shape index (κ3) is 3.39. The molecule has 1 amide bonds. The van der Waals surface area contributed by atoms with Gasteiger partial charge in [-0.15, -0.1) is 11.6 Å². The molecule has 1 saturated heterocycles. The van der Waals surface area contributed by atoms with Crippen molar-refractivity contribution in [1.82, 2.24) is 4.90 Å². The van der Waals surface area contributed by atoms with E-state index in [2.05, 4.69) is 0 Å². The van der Waals surface area contributed by atoms with Gasteiger partial charge >= 0.3 is 0 Å². The van der Waals surface area contributed by atoms with Gasteiger partial charge in [0, 0.05) is 18.7 Å². The zero-order valence-electron chi connectivity index (χ0n) is 11.1. The molecule has 5 heteroatoms. The number of nitrogens with zero attached hydrogens (tertiary/aromatic N) is 1. The number of hydrogen-bond donors (Lipinski definition) is 0. The van der Waals surface area contributed by atoms with E-state index in [4.69, 9.17) is 21.1 Å². The molecule has 0 saturated carbocycles. The van der Waals surface area contributed by atoms with E-state index in [1.165, 1.54) is 0 Å². The van der Waals surface area contributed by atoms with Crippen LogP contribution in [-0.4, -0.2) is 49.1 Å². The van der Waals surface area contributed by atoms with Crippen molar-refractivity contribution < 1.29 is 14.3 Å². The average Bonchev–Trinajstić information content (AvgIpc) is 2.46. The standard InChI is InChI=1S/C14H18ClNO3/c1-10-8-16(9-13(7-15)19-10)14(17)11-3-5-12(18-2)6-4-11/h3-6,10,13H,7-9H2,1-2H3. The second kappa shape index (κ2) is 6.26. The highest BCUT2D eigenvalue weighted by Gasteiger charge is 2.28. The maximum atomic E-state index is 12.4. The molecule has 0 radical (unpaired) electrons. The Morgan fingerprint density at radius 3 is 2.68 bits per heavy atom. The van der Waals surface area contributed by atoms with Crippen molar-refractivity contribution in [3.05, 3.63) is 29.8 Å². The first-order chi connectivity index (χ1) is 9.13. The van der Waals surface area contributed by atoms with E-state index in [-0.39, 0.29) is 18.1 Å². The van der Waals surface area contributed by atoms with Crippen LogP contribution >= 0.6 is 11.6 Å². The molecular weight excluding hydrogens is 266 g/mol. The van der Waals surface area contributed by atoms with E-state index < -0.39 is 0 Å². The van der Waals surface area contributed by atoms with Crippen LogP contribution in [0.15, 0.2) is 24.3 Å². The van der Waals surface area contributed by atoms with Crippen LogP contribution in [0.5, 0.6) is 5.75 Å². The summed E-state index contributed by atoms with van der Waals surface area (Å²) in [6.07, 6.45) is -0.0766. The highest BCUT2D eigenvalue weighted by atomic mass is 35.5. The molecular formula is C14H18ClNO3. The van der Waals surface area contributed by atoms with E-state index in [0.29, 0.717) is 24.5 Å². The lowest BCUT2D eigenvalue weighted by molar-refractivity contribution is -0.0570. The Kier molecular flexibility index (Phi) is 4.66. The van der Waals surface area contributed by atoms with Crippen LogP contribution in [-0.2, 0) is 4.74 Å². The van der Waals surface area contributed by atoms with Crippen molar-refractivity contribution >= 4 is 17.5 Å². The van der Waals surface area contributed by atoms with Gasteiger partial charge in [0.25, 0.3) is 5.91 Å². The number of carbonyl (C=O) groups excluding carboxylic acids is 1. The number of carbonyl (C=O) groups is 1.